The Bertz CT molecular complexity index is 1470. The van der Waals surface area contributed by atoms with Gasteiger partial charge in [0.2, 0.25) is 0 Å². The molecule has 1 aromatic rings. The second kappa shape index (κ2) is 29.0. The second-order valence-electron chi connectivity index (χ2n) is 19.3. The van der Waals surface area contributed by atoms with Gasteiger partial charge in [0.15, 0.2) is 6.29 Å². The summed E-state index contributed by atoms with van der Waals surface area (Å²) in [6.07, 6.45) is 11.1. The number of aliphatic hydroxyl groups is 1. The van der Waals surface area contributed by atoms with Crippen LogP contribution in [0.5, 0.6) is 0 Å². The van der Waals surface area contributed by atoms with Gasteiger partial charge in [0.25, 0.3) is 5.91 Å². The minimum atomic E-state index is -0.714. The molecule has 4 aliphatic carbocycles. The third-order valence-electron chi connectivity index (χ3n) is 16.7. The van der Waals surface area contributed by atoms with Crippen LogP contribution in [0.2, 0.25) is 0 Å². The summed E-state index contributed by atoms with van der Waals surface area (Å²) in [5.41, 5.74) is 4.59. The molecule has 0 radical (unpaired) electrons. The topological polar surface area (TPSA) is 82.3 Å². The second-order valence-corrected chi connectivity index (χ2v) is 19.3. The van der Waals surface area contributed by atoms with E-state index in [1.807, 2.05) is 49.4 Å². The Hall–Kier alpha value is -1.82. The van der Waals surface area contributed by atoms with Gasteiger partial charge in [0.05, 0.1) is 29.9 Å². The largest absolute Gasteiger partial charge is 2.00 e. The van der Waals surface area contributed by atoms with Crippen LogP contribution in [-0.2, 0) is 43.7 Å². The maximum atomic E-state index is 12.8. The quantitative estimate of drug-likeness (QED) is 0.181. The van der Waals surface area contributed by atoms with Gasteiger partial charge in [-0.05, 0) is 123 Å². The molecule has 6 aliphatic rings. The van der Waals surface area contributed by atoms with Crippen molar-refractivity contribution in [2.45, 2.75) is 153 Å². The molecule has 0 aromatic heterocycles. The summed E-state index contributed by atoms with van der Waals surface area (Å²) in [5.74, 6) is 10.4. The number of carbonyl (C=O) groups excluding carboxylic acids is 2. The van der Waals surface area contributed by atoms with Crippen LogP contribution in [0, 0.1) is 101 Å². The molecule has 2 aliphatic heterocycles. The molecule has 62 heavy (non-hydrogen) atoms. The van der Waals surface area contributed by atoms with Crippen molar-refractivity contribution in [1.82, 2.24) is 4.90 Å². The average molecular weight is 942 g/mol. The molecule has 0 bridgehead atoms. The third-order valence-corrected chi connectivity index (χ3v) is 16.7. The van der Waals surface area contributed by atoms with Gasteiger partial charge in [-0.1, -0.05) is 124 Å². The third kappa shape index (κ3) is 15.1. The first-order valence-corrected chi connectivity index (χ1v) is 22.4. The number of aliphatic imine (C=N–C) groups is 2. The number of carbonyl (C=O) groups is 2. The number of likely N-dealkylation sites (N-methyl/N-ethyl adjacent to an activating group) is 1. The standard InChI is InChI=1S/C20H26N2O2.C10H13NO.2C10H20.4CH3.2Fe/c1-13-12-18(21-17-11-7-10-16(13)17)20(24)22(3)14(2)19(23)15-8-5-4-6-9-15;1-7-5-8(6-12)11-10-4-2-3-9(7)10;2*1-6-7(2)9(4)10(5)8(6)3;;;;;;/h4-6,8-9,12,14,16-17,19,23H,7,10-11H2,1-3H3;5-6,9-10H,2-4H2,1H3;2*6-10H,1-5H3;4*1H3;;/q;;;;4*-1;2*+2. The van der Waals surface area contributed by atoms with Gasteiger partial charge in [-0.2, -0.15) is 0 Å². The summed E-state index contributed by atoms with van der Waals surface area (Å²) < 4.78 is 0. The summed E-state index contributed by atoms with van der Waals surface area (Å²) >= 11 is 0. The summed E-state index contributed by atoms with van der Waals surface area (Å²) in [4.78, 5) is 34.1. The molecule has 0 spiro atoms. The van der Waals surface area contributed by atoms with Crippen LogP contribution in [0.25, 0.3) is 0 Å². The maximum Gasteiger partial charge on any atom is 2.00 e. The molecule has 1 aromatic carbocycles. The van der Waals surface area contributed by atoms with E-state index in [1.165, 1.54) is 36.8 Å². The van der Waals surface area contributed by atoms with Gasteiger partial charge in [0.1, 0.15) is 5.71 Å². The Labute approximate surface area is 404 Å². The van der Waals surface area contributed by atoms with E-state index in [4.69, 9.17) is 4.99 Å². The Kier molecular flexibility index (Phi) is 30.1. The fourth-order valence-corrected chi connectivity index (χ4v) is 10.8. The number of benzene rings is 1. The summed E-state index contributed by atoms with van der Waals surface area (Å²) in [6, 6.07) is 9.81. The first-order valence-electron chi connectivity index (χ1n) is 22.4. The molecule has 0 saturated heterocycles. The molecule has 7 rings (SSSR count). The minimum absolute atomic E-state index is 0. The van der Waals surface area contributed by atoms with Crippen LogP contribution < -0.4 is 0 Å². The fourth-order valence-electron chi connectivity index (χ4n) is 10.8. The number of dihydropyridines is 2. The van der Waals surface area contributed by atoms with Gasteiger partial charge in [-0.15, -0.1) is 0 Å². The Morgan fingerprint density at radius 3 is 1.35 bits per heavy atom. The Balaban J connectivity index is -0.000000784. The minimum Gasteiger partial charge on any atom is -0.386 e. The van der Waals surface area contributed by atoms with Crippen molar-refractivity contribution in [3.63, 3.8) is 0 Å². The Morgan fingerprint density at radius 1 is 0.629 bits per heavy atom. The van der Waals surface area contributed by atoms with Gasteiger partial charge >= 0.3 is 34.1 Å². The predicted molar refractivity (Wildman–Crippen MR) is 262 cm³/mol. The zero-order chi connectivity index (χ0) is 41.6. The summed E-state index contributed by atoms with van der Waals surface area (Å²) in [7, 11) is 1.74. The van der Waals surface area contributed by atoms with Crippen molar-refractivity contribution in [2.24, 2.45) is 81.0 Å². The van der Waals surface area contributed by atoms with Crippen LogP contribution in [0.4, 0.5) is 0 Å². The van der Waals surface area contributed by atoms with Crippen molar-refractivity contribution in [3.8, 4) is 0 Å². The molecular weight excluding hydrogens is 850 g/mol. The molecule has 4 fully saturated rings. The number of hydrogen-bond acceptors (Lipinski definition) is 5. The summed E-state index contributed by atoms with van der Waals surface area (Å²) in [5, 5.41) is 10.6. The van der Waals surface area contributed by atoms with Crippen molar-refractivity contribution in [2.75, 3.05) is 7.05 Å². The summed E-state index contributed by atoms with van der Waals surface area (Å²) in [6.45, 7) is 30.1. The number of amides is 1. The van der Waals surface area contributed by atoms with E-state index in [1.54, 1.807) is 11.9 Å². The zero-order valence-corrected chi connectivity index (χ0v) is 44.6. The molecule has 1 N–H and O–H groups in total. The number of fused-ring (bicyclic) bond motifs is 2. The van der Waals surface area contributed by atoms with Crippen LogP contribution in [0.3, 0.4) is 0 Å². The van der Waals surface area contributed by atoms with E-state index in [-0.39, 0.29) is 81.8 Å². The van der Waals surface area contributed by atoms with Crippen LogP contribution in [0.15, 0.2) is 63.6 Å². The number of aldehydes is 1. The van der Waals surface area contributed by atoms with Crippen LogP contribution >= 0.6 is 0 Å². The molecule has 1 amide bonds. The van der Waals surface area contributed by atoms with Crippen molar-refractivity contribution in [3.05, 3.63) is 88.9 Å². The van der Waals surface area contributed by atoms with Gasteiger partial charge in [-0.3, -0.25) is 19.6 Å². The SMILES string of the molecule is CC1=CC(C(=O)N(C)C(C)C(O)c2ccccc2)=NC2CCCC12.CC1=CC(C=O)=NC2CCCC12.CC1C(C)C(C)C(C)C1C.CC1C(C)C(C)C(C)C1C.[CH3-].[CH3-].[CH3-].[CH3-].[Fe+2].[Fe+2]. The van der Waals surface area contributed by atoms with Gasteiger partial charge in [0, 0.05) is 18.9 Å². The van der Waals surface area contributed by atoms with E-state index in [0.717, 1.165) is 83.9 Å². The predicted octanol–water partition coefficient (Wildman–Crippen LogP) is 13.0. The smallest absolute Gasteiger partial charge is 0.386 e. The first-order chi connectivity index (χ1) is 26.4. The maximum absolute atomic E-state index is 12.8. The number of rotatable bonds is 5. The van der Waals surface area contributed by atoms with Crippen LogP contribution in [-0.4, -0.2) is 58.8 Å². The van der Waals surface area contributed by atoms with E-state index >= 15 is 0 Å². The van der Waals surface area contributed by atoms with E-state index in [9.17, 15) is 14.7 Å². The normalized spacial score (nSPS) is 34.2. The molecule has 6 unspecified atom stereocenters. The van der Waals surface area contributed by atoms with E-state index < -0.39 is 6.10 Å². The van der Waals surface area contributed by atoms with Gasteiger partial charge < -0.3 is 39.7 Å². The zero-order valence-electron chi connectivity index (χ0n) is 42.4. The van der Waals surface area contributed by atoms with Gasteiger partial charge in [-0.25, -0.2) is 0 Å². The van der Waals surface area contributed by atoms with E-state index in [2.05, 4.69) is 88.1 Å². The monoisotopic (exact) mass is 942 g/mol. The fraction of sp³-hybridized carbons (Fsp3) is 0.667. The van der Waals surface area contributed by atoms with Crippen molar-refractivity contribution >= 4 is 23.6 Å². The number of nitrogens with zero attached hydrogens (tertiary/aromatic N) is 3. The van der Waals surface area contributed by atoms with Crippen LogP contribution in [0.1, 0.15) is 140 Å². The molecule has 6 nitrogen and oxygen atoms in total. The molecule has 8 heteroatoms. The molecule has 6 atom stereocenters. The number of aliphatic hydroxyl groups excluding tert-OH is 1. The molecule has 2 heterocycles. The van der Waals surface area contributed by atoms with Crippen molar-refractivity contribution in [1.29, 1.82) is 0 Å². The van der Waals surface area contributed by atoms with Crippen molar-refractivity contribution < 1.29 is 48.8 Å². The molecule has 356 valence electrons. The molecular formula is C54H91Fe2N3O3. The Morgan fingerprint density at radius 2 is 0.984 bits per heavy atom. The number of allylic oxidation sites excluding steroid dienone is 1. The average Bonchev–Trinajstić information content (AvgIpc) is 3.97. The first kappa shape index (κ1) is 64.5. The van der Waals surface area contributed by atoms with E-state index in [0.29, 0.717) is 29.3 Å². The number of hydrogen-bond donors (Lipinski definition) is 1. The molecule has 4 saturated carbocycles.